The molecule has 5 aliphatic rings. The number of fused-ring (bicyclic) bond motifs is 16. The molecule has 2 heteroatoms. The third kappa shape index (κ3) is 5.02. The van der Waals surface area contributed by atoms with E-state index in [1.54, 1.807) is 0 Å². The van der Waals surface area contributed by atoms with Crippen molar-refractivity contribution in [1.82, 2.24) is 0 Å². The van der Waals surface area contributed by atoms with Crippen LogP contribution in [0.2, 0.25) is 0 Å². The largest absolute Gasteiger partial charge is 0.483 e. The molecule has 0 amide bonds. The van der Waals surface area contributed by atoms with Gasteiger partial charge in [-0.1, -0.05) is 202 Å². The van der Waals surface area contributed by atoms with E-state index in [9.17, 15) is 0 Å². The van der Waals surface area contributed by atoms with Crippen LogP contribution in [0.3, 0.4) is 0 Å². The van der Waals surface area contributed by atoms with Crippen LogP contribution < -0.4 is 9.64 Å². The van der Waals surface area contributed by atoms with Crippen molar-refractivity contribution in [1.29, 1.82) is 0 Å². The van der Waals surface area contributed by atoms with Crippen molar-refractivity contribution in [2.45, 2.75) is 36.7 Å². The highest BCUT2D eigenvalue weighted by molar-refractivity contribution is 5.98. The summed E-state index contributed by atoms with van der Waals surface area (Å²) in [5, 5.41) is 0. The molecule has 9 aromatic rings. The average Bonchev–Trinajstić information content (AvgIpc) is 4.07. The highest BCUT2D eigenvalue weighted by Gasteiger charge is 2.51. The fourth-order valence-electron chi connectivity index (χ4n) is 12.6. The van der Waals surface area contributed by atoms with Gasteiger partial charge < -0.3 is 9.64 Å². The molecule has 0 N–H and O–H groups in total. The number of benzene rings is 9. The van der Waals surface area contributed by atoms with Gasteiger partial charge in [0.1, 0.15) is 11.9 Å². The van der Waals surface area contributed by atoms with Crippen molar-refractivity contribution in [3.05, 3.63) is 269 Å². The van der Waals surface area contributed by atoms with Crippen LogP contribution in [0.1, 0.15) is 58.7 Å². The maximum Gasteiger partial charge on any atom is 0.149 e. The van der Waals surface area contributed by atoms with Gasteiger partial charge in [0.05, 0.1) is 16.8 Å². The lowest BCUT2D eigenvalue weighted by molar-refractivity contribution is 0.253. The van der Waals surface area contributed by atoms with Crippen molar-refractivity contribution in [3.8, 4) is 61.4 Å². The van der Waals surface area contributed by atoms with Crippen LogP contribution in [-0.4, -0.2) is 6.10 Å². The van der Waals surface area contributed by atoms with Crippen LogP contribution in [0.4, 0.5) is 11.4 Å². The number of hydrogen-bond acceptors (Lipinski definition) is 2. The quantitative estimate of drug-likeness (QED) is 0.171. The van der Waals surface area contributed by atoms with Crippen LogP contribution in [0, 0.1) is 0 Å². The highest BCUT2D eigenvalue weighted by atomic mass is 16.5. The average molecular weight is 844 g/mol. The van der Waals surface area contributed by atoms with E-state index in [2.05, 4.69) is 243 Å². The minimum absolute atomic E-state index is 0.0874. The first kappa shape index (κ1) is 37.4. The van der Waals surface area contributed by atoms with Crippen LogP contribution in [0.15, 0.2) is 230 Å². The molecule has 4 aliphatic carbocycles. The van der Waals surface area contributed by atoms with Gasteiger partial charge in [0.2, 0.25) is 0 Å². The molecule has 0 aromatic heterocycles. The third-order valence-electron chi connectivity index (χ3n) is 15.5. The zero-order valence-electron chi connectivity index (χ0n) is 36.9. The highest BCUT2D eigenvalue weighted by Crippen LogP contribution is 2.63. The fourth-order valence-corrected chi connectivity index (χ4v) is 12.6. The van der Waals surface area contributed by atoms with E-state index in [0.717, 1.165) is 33.9 Å². The molecule has 0 fully saturated rings. The lowest BCUT2D eigenvalue weighted by atomic mass is 9.70. The molecule has 2 nitrogen and oxygen atoms in total. The summed E-state index contributed by atoms with van der Waals surface area (Å²) in [4.78, 5) is 2.53. The number of nitrogens with zero attached hydrogens (tertiary/aromatic N) is 1. The standard InChI is InChI=1S/C64H45NO/c1-63(2)53-25-11-6-19-45(53)49-35-33-43(39-58(49)63)65(59-29-16-24-51-50-23-10-15-30-61(50)66-62(51)59)60-38-41(40-17-4-3-5-18-40)31-34-44(60)42-32-36-57-52(37-42)48-22-9-14-28-56(48)64(57)54-26-12-7-20-46(54)47-21-8-13-27-55(47)64/h3-39,51,62H,1-2H3. The molecule has 66 heavy (non-hydrogen) atoms. The number of ether oxygens (including phenoxy) is 1. The lowest BCUT2D eigenvalue weighted by Gasteiger charge is -2.36. The first-order valence-corrected chi connectivity index (χ1v) is 23.3. The van der Waals surface area contributed by atoms with Crippen molar-refractivity contribution >= 4 is 11.4 Å². The molecule has 312 valence electrons. The summed E-state index contributed by atoms with van der Waals surface area (Å²) in [6.45, 7) is 4.75. The molecule has 1 spiro atoms. The Balaban J connectivity index is 1.02. The molecule has 1 aliphatic heterocycles. The summed E-state index contributed by atoms with van der Waals surface area (Å²) in [6.07, 6.45) is 6.63. The first-order valence-electron chi connectivity index (χ1n) is 23.3. The second-order valence-corrected chi connectivity index (χ2v) is 19.1. The zero-order valence-corrected chi connectivity index (χ0v) is 36.9. The Bertz CT molecular complexity index is 3530. The van der Waals surface area contributed by atoms with Crippen LogP contribution >= 0.6 is 0 Å². The molecule has 0 saturated heterocycles. The molecule has 0 radical (unpaired) electrons. The van der Waals surface area contributed by atoms with Gasteiger partial charge in [-0.3, -0.25) is 0 Å². The molecule has 2 unspecified atom stereocenters. The monoisotopic (exact) mass is 843 g/mol. The minimum atomic E-state index is -0.401. The van der Waals surface area contributed by atoms with Crippen molar-refractivity contribution in [3.63, 3.8) is 0 Å². The molecule has 14 rings (SSSR count). The van der Waals surface area contributed by atoms with Gasteiger partial charge in [-0.15, -0.1) is 0 Å². The van der Waals surface area contributed by atoms with Gasteiger partial charge in [-0.05, 0) is 120 Å². The maximum absolute atomic E-state index is 7.04. The normalized spacial score (nSPS) is 17.6. The van der Waals surface area contributed by atoms with E-state index in [0.29, 0.717) is 0 Å². The van der Waals surface area contributed by atoms with Crippen LogP contribution in [-0.2, 0) is 10.8 Å². The smallest absolute Gasteiger partial charge is 0.149 e. The van der Waals surface area contributed by atoms with Crippen LogP contribution in [0.25, 0.3) is 55.6 Å². The number of allylic oxidation sites excluding steroid dienone is 2. The summed E-state index contributed by atoms with van der Waals surface area (Å²) in [5.41, 5.74) is 24.6. The van der Waals surface area contributed by atoms with Gasteiger partial charge in [0.15, 0.2) is 0 Å². The molecule has 2 atom stereocenters. The van der Waals surface area contributed by atoms with Gasteiger partial charge in [0.25, 0.3) is 0 Å². The van der Waals surface area contributed by atoms with E-state index in [-0.39, 0.29) is 17.4 Å². The maximum atomic E-state index is 7.04. The summed E-state index contributed by atoms with van der Waals surface area (Å²) in [6, 6.07) is 77.1. The minimum Gasteiger partial charge on any atom is -0.483 e. The zero-order chi connectivity index (χ0) is 43.7. The Labute approximate surface area is 386 Å². The Morgan fingerprint density at radius 1 is 0.424 bits per heavy atom. The fraction of sp³-hybridized carbons (Fsp3) is 0.0938. The number of hydrogen-bond donors (Lipinski definition) is 0. The molecule has 1 heterocycles. The van der Waals surface area contributed by atoms with E-state index in [1.807, 2.05) is 0 Å². The molecule has 0 bridgehead atoms. The van der Waals surface area contributed by atoms with Crippen molar-refractivity contribution in [2.24, 2.45) is 0 Å². The van der Waals surface area contributed by atoms with Crippen molar-refractivity contribution < 1.29 is 4.74 Å². The summed E-state index contributed by atoms with van der Waals surface area (Å²) >= 11 is 0. The third-order valence-corrected chi connectivity index (χ3v) is 15.5. The number of anilines is 2. The molecular formula is C64H45NO. The van der Waals surface area contributed by atoms with Gasteiger partial charge in [0, 0.05) is 28.1 Å². The topological polar surface area (TPSA) is 12.5 Å². The Morgan fingerprint density at radius 2 is 0.985 bits per heavy atom. The summed E-state index contributed by atoms with van der Waals surface area (Å²) < 4.78 is 7.04. The molecule has 9 aromatic carbocycles. The van der Waals surface area contributed by atoms with E-state index in [4.69, 9.17) is 4.74 Å². The van der Waals surface area contributed by atoms with E-state index >= 15 is 0 Å². The predicted molar refractivity (Wildman–Crippen MR) is 271 cm³/mol. The lowest BCUT2D eigenvalue weighted by Crippen LogP contribution is -2.33. The van der Waals surface area contributed by atoms with Gasteiger partial charge in [-0.25, -0.2) is 0 Å². The first-order chi connectivity index (χ1) is 32.5. The molecule has 0 saturated carbocycles. The summed E-state index contributed by atoms with van der Waals surface area (Å²) in [5.74, 6) is 1.04. The number of para-hydroxylation sites is 1. The Hall–Kier alpha value is -7.94. The van der Waals surface area contributed by atoms with Gasteiger partial charge >= 0.3 is 0 Å². The SMILES string of the molecule is CC1(C)c2ccccc2-c2ccc(N(C3=CC=CC4c5ccccc5OC34)c3cc(-c4ccccc4)ccc3-c3ccc4c(c3)-c3ccccc3C43c4ccccc4-c4ccccc43)cc21. The van der Waals surface area contributed by atoms with Crippen molar-refractivity contribution in [2.75, 3.05) is 4.90 Å². The number of rotatable bonds is 5. The van der Waals surface area contributed by atoms with Crippen LogP contribution in [0.5, 0.6) is 5.75 Å². The summed E-state index contributed by atoms with van der Waals surface area (Å²) in [7, 11) is 0. The predicted octanol–water partition coefficient (Wildman–Crippen LogP) is 15.8. The molecular weight excluding hydrogens is 799 g/mol. The Morgan fingerprint density at radius 3 is 1.71 bits per heavy atom. The van der Waals surface area contributed by atoms with E-state index in [1.165, 1.54) is 83.5 Å². The second kappa shape index (κ2) is 13.8. The Kier molecular flexibility index (Phi) is 7.82. The van der Waals surface area contributed by atoms with Gasteiger partial charge in [-0.2, -0.15) is 0 Å². The van der Waals surface area contributed by atoms with E-state index < -0.39 is 5.41 Å². The second-order valence-electron chi connectivity index (χ2n) is 19.1.